The summed E-state index contributed by atoms with van der Waals surface area (Å²) in [6.45, 7) is 24.2. The molecule has 5 heteroatoms. The third kappa shape index (κ3) is 6.16. The predicted molar refractivity (Wildman–Crippen MR) is 173 cm³/mol. The maximum Gasteiger partial charge on any atom is 0.158 e. The first-order chi connectivity index (χ1) is 19.8. The van der Waals surface area contributed by atoms with Gasteiger partial charge >= 0.3 is 0 Å². The van der Waals surface area contributed by atoms with E-state index >= 15 is 0 Å². The number of benzene rings is 1. The monoisotopic (exact) mass is 553 g/mol. The molecule has 0 saturated carbocycles. The molecular weight excluding hydrogens is 502 g/mol. The molecule has 220 valence electrons. The van der Waals surface area contributed by atoms with Crippen LogP contribution >= 0.6 is 0 Å². The number of nitrogens with zero attached hydrogens (tertiary/aromatic N) is 5. The number of hydrogen-bond acceptors (Lipinski definition) is 4. The zero-order valence-electron chi connectivity index (χ0n) is 26.5. The van der Waals surface area contributed by atoms with Gasteiger partial charge in [0.05, 0.1) is 0 Å². The normalized spacial score (nSPS) is 17.3. The topological polar surface area (TPSA) is 36.7 Å². The summed E-state index contributed by atoms with van der Waals surface area (Å²) in [6.07, 6.45) is 12.0. The van der Waals surface area contributed by atoms with Gasteiger partial charge in [-0.1, -0.05) is 58.9 Å². The molecule has 2 aromatic heterocycles. The molecule has 2 aliphatic rings. The van der Waals surface area contributed by atoms with Crippen LogP contribution in [-0.2, 0) is 6.42 Å². The number of fused-ring (bicyclic) bond motifs is 1. The van der Waals surface area contributed by atoms with Gasteiger partial charge in [0.15, 0.2) is 5.65 Å². The smallest absolute Gasteiger partial charge is 0.158 e. The van der Waals surface area contributed by atoms with Gasteiger partial charge in [-0.05, 0) is 122 Å². The summed E-state index contributed by atoms with van der Waals surface area (Å²) in [6, 6.07) is 7.33. The second-order valence-electron chi connectivity index (χ2n) is 12.7. The van der Waals surface area contributed by atoms with E-state index in [2.05, 4.69) is 92.4 Å². The van der Waals surface area contributed by atoms with Crippen LogP contribution in [-0.4, -0.2) is 57.1 Å². The van der Waals surface area contributed by atoms with Crippen molar-refractivity contribution in [3.05, 3.63) is 76.4 Å². The molecule has 41 heavy (non-hydrogen) atoms. The van der Waals surface area contributed by atoms with Gasteiger partial charge in [0.2, 0.25) is 0 Å². The first-order valence-electron chi connectivity index (χ1n) is 16.1. The van der Waals surface area contributed by atoms with Gasteiger partial charge in [-0.3, -0.25) is 0 Å². The third-order valence-electron chi connectivity index (χ3n) is 9.65. The van der Waals surface area contributed by atoms with Gasteiger partial charge in [0.1, 0.15) is 6.33 Å². The van der Waals surface area contributed by atoms with Crippen LogP contribution in [0.2, 0.25) is 0 Å². The van der Waals surface area contributed by atoms with Crippen LogP contribution in [0.4, 0.5) is 0 Å². The van der Waals surface area contributed by atoms with Crippen molar-refractivity contribution in [1.29, 1.82) is 0 Å². The number of pyridine rings is 1. The molecule has 2 saturated heterocycles. The van der Waals surface area contributed by atoms with Crippen molar-refractivity contribution >= 4 is 16.8 Å². The largest absolute Gasteiger partial charge is 0.375 e. The second-order valence-corrected chi connectivity index (χ2v) is 12.7. The lowest BCUT2D eigenvalue weighted by atomic mass is 9.80. The van der Waals surface area contributed by atoms with Crippen LogP contribution in [0.25, 0.3) is 16.8 Å². The van der Waals surface area contributed by atoms with Crippen LogP contribution < -0.4 is 0 Å². The van der Waals surface area contributed by atoms with Crippen LogP contribution in [0.3, 0.4) is 0 Å². The zero-order valence-corrected chi connectivity index (χ0v) is 26.5. The molecule has 0 N–H and O–H groups in total. The Kier molecular flexibility index (Phi) is 9.33. The predicted octanol–water partition coefficient (Wildman–Crippen LogP) is 8.06. The summed E-state index contributed by atoms with van der Waals surface area (Å²) < 4.78 is 1.98. The number of aryl methyl sites for hydroxylation is 2. The fourth-order valence-corrected chi connectivity index (χ4v) is 7.12. The van der Waals surface area contributed by atoms with E-state index in [4.69, 9.17) is 0 Å². The second kappa shape index (κ2) is 12.9. The summed E-state index contributed by atoms with van der Waals surface area (Å²) in [5.74, 6) is 1.02. The summed E-state index contributed by atoms with van der Waals surface area (Å²) in [5.41, 5.74) is 13.6. The van der Waals surface area contributed by atoms with Crippen molar-refractivity contribution in [1.82, 2.24) is 24.4 Å². The standard InChI is InChI=1S/C36H51N5/c1-8-11-32(34-23-41-36(37-24-38-41)28(7)31(34)9-2)35(25(3)4)33-22-30(13-12-26(33)5)29-15-20-40(21-16-29)27(6)14-19-39-17-10-18-39/h12-13,22-25,29H,6,8-11,14-21H2,1-5,7H3/b35-32+. The lowest BCUT2D eigenvalue weighted by Gasteiger charge is -2.37. The molecule has 2 aliphatic heterocycles. The van der Waals surface area contributed by atoms with Crippen molar-refractivity contribution in [2.24, 2.45) is 5.92 Å². The van der Waals surface area contributed by atoms with Gasteiger partial charge in [0.25, 0.3) is 0 Å². The maximum atomic E-state index is 4.55. The van der Waals surface area contributed by atoms with Crippen LogP contribution in [0.15, 0.2) is 43.0 Å². The molecule has 0 unspecified atom stereocenters. The number of rotatable bonds is 11. The van der Waals surface area contributed by atoms with Crippen molar-refractivity contribution in [2.75, 3.05) is 32.7 Å². The summed E-state index contributed by atoms with van der Waals surface area (Å²) >= 11 is 0. The van der Waals surface area contributed by atoms with E-state index < -0.39 is 0 Å². The quantitative estimate of drug-likeness (QED) is 0.241. The van der Waals surface area contributed by atoms with E-state index in [0.29, 0.717) is 11.8 Å². The molecule has 1 aromatic carbocycles. The van der Waals surface area contributed by atoms with Crippen LogP contribution in [0, 0.1) is 19.8 Å². The Bertz CT molecular complexity index is 1400. The van der Waals surface area contributed by atoms with E-state index in [1.165, 1.54) is 89.1 Å². The molecule has 0 amide bonds. The van der Waals surface area contributed by atoms with Gasteiger partial charge in [0, 0.05) is 31.5 Å². The molecule has 0 spiro atoms. The fraction of sp³-hybridized carbons (Fsp3) is 0.556. The Hall–Kier alpha value is -2.92. The molecule has 0 radical (unpaired) electrons. The average molecular weight is 554 g/mol. The zero-order chi connectivity index (χ0) is 29.1. The molecule has 5 nitrogen and oxygen atoms in total. The van der Waals surface area contributed by atoms with Gasteiger partial charge in [-0.15, -0.1) is 0 Å². The lowest BCUT2D eigenvalue weighted by molar-refractivity contribution is 0.173. The van der Waals surface area contributed by atoms with E-state index in [1.54, 1.807) is 6.33 Å². The Balaban J connectivity index is 1.46. The van der Waals surface area contributed by atoms with Crippen LogP contribution in [0.1, 0.15) is 106 Å². The minimum atomic E-state index is 0.415. The highest BCUT2D eigenvalue weighted by Crippen LogP contribution is 2.41. The maximum absolute atomic E-state index is 4.55. The molecule has 0 atom stereocenters. The number of piperidine rings is 1. The Morgan fingerprint density at radius 1 is 1.02 bits per heavy atom. The van der Waals surface area contributed by atoms with Crippen molar-refractivity contribution in [2.45, 2.75) is 92.4 Å². The van der Waals surface area contributed by atoms with Gasteiger partial charge < -0.3 is 9.80 Å². The third-order valence-corrected chi connectivity index (χ3v) is 9.65. The lowest BCUT2D eigenvalue weighted by Crippen LogP contribution is -2.39. The molecule has 5 rings (SSSR count). The Morgan fingerprint density at radius 3 is 2.41 bits per heavy atom. The first-order valence-corrected chi connectivity index (χ1v) is 16.1. The SMILES string of the molecule is C=C(CCN1CCC1)N1CCC(c2ccc(C)c(/C(=C(\CCC)c3cn4ncnc4c(C)c3CC)C(C)C)c2)CC1. The minimum Gasteiger partial charge on any atom is -0.375 e. The van der Waals surface area contributed by atoms with E-state index in [9.17, 15) is 0 Å². The Labute approximate surface area is 248 Å². The molecule has 4 heterocycles. The highest BCUT2D eigenvalue weighted by Gasteiger charge is 2.25. The number of aromatic nitrogens is 3. The first kappa shape index (κ1) is 29.6. The molecule has 0 bridgehead atoms. The van der Waals surface area contributed by atoms with E-state index in [-0.39, 0.29) is 0 Å². The van der Waals surface area contributed by atoms with Crippen LogP contribution in [0.5, 0.6) is 0 Å². The van der Waals surface area contributed by atoms with Gasteiger partial charge in [-0.25, -0.2) is 9.50 Å². The van der Waals surface area contributed by atoms with E-state index in [1.807, 2.05) is 4.52 Å². The molecular formula is C36H51N5. The number of allylic oxidation sites excluding steroid dienone is 2. The number of likely N-dealkylation sites (tertiary alicyclic amines) is 2. The van der Waals surface area contributed by atoms with Gasteiger partial charge in [-0.2, -0.15) is 5.10 Å². The fourth-order valence-electron chi connectivity index (χ4n) is 7.12. The van der Waals surface area contributed by atoms with Crippen molar-refractivity contribution in [3.63, 3.8) is 0 Å². The Morgan fingerprint density at radius 2 is 1.78 bits per heavy atom. The molecule has 3 aromatic rings. The molecule has 0 aliphatic carbocycles. The number of hydrogen-bond donors (Lipinski definition) is 0. The highest BCUT2D eigenvalue weighted by atomic mass is 15.3. The average Bonchev–Trinajstić information content (AvgIpc) is 3.42. The van der Waals surface area contributed by atoms with Crippen molar-refractivity contribution < 1.29 is 0 Å². The molecule has 2 fully saturated rings. The summed E-state index contributed by atoms with van der Waals surface area (Å²) in [5, 5.41) is 4.54. The van der Waals surface area contributed by atoms with Crippen molar-refractivity contribution in [3.8, 4) is 0 Å². The summed E-state index contributed by atoms with van der Waals surface area (Å²) in [4.78, 5) is 9.66. The highest BCUT2D eigenvalue weighted by molar-refractivity contribution is 5.93. The minimum absolute atomic E-state index is 0.415. The summed E-state index contributed by atoms with van der Waals surface area (Å²) in [7, 11) is 0. The van der Waals surface area contributed by atoms with E-state index in [0.717, 1.165) is 44.4 Å².